The van der Waals surface area contributed by atoms with E-state index >= 15 is 0 Å². The molecule has 0 saturated carbocycles. The molecule has 8 nitrogen and oxygen atoms in total. The van der Waals surface area contributed by atoms with E-state index in [9.17, 15) is 18.0 Å². The normalized spacial score (nSPS) is 11.3. The lowest BCUT2D eigenvalue weighted by atomic mass is 10.1. The highest BCUT2D eigenvalue weighted by molar-refractivity contribution is 7.89. The number of carbonyl (C=O) groups excluding carboxylic acids is 2. The number of para-hydroxylation sites is 1. The number of benzene rings is 2. The Morgan fingerprint density at radius 1 is 1.00 bits per heavy atom. The van der Waals surface area contributed by atoms with Crippen molar-refractivity contribution in [3.8, 4) is 5.69 Å². The molecule has 0 unspecified atom stereocenters. The van der Waals surface area contributed by atoms with Crippen molar-refractivity contribution < 1.29 is 18.0 Å². The quantitative estimate of drug-likeness (QED) is 0.332. The summed E-state index contributed by atoms with van der Waals surface area (Å²) in [5.74, 6) is -0.356. The molecular formula is C24H28N4O4S. The fourth-order valence-corrected chi connectivity index (χ4v) is 4.33. The van der Waals surface area contributed by atoms with Gasteiger partial charge in [0.2, 0.25) is 15.9 Å². The molecule has 2 aromatic carbocycles. The summed E-state index contributed by atoms with van der Waals surface area (Å²) >= 11 is 0. The van der Waals surface area contributed by atoms with Crippen LogP contribution in [0.5, 0.6) is 0 Å². The molecule has 0 saturated heterocycles. The highest BCUT2D eigenvalue weighted by Crippen LogP contribution is 2.13. The molecule has 1 aromatic heterocycles. The number of carbonyl (C=O) groups is 2. The largest absolute Gasteiger partial charge is 0.356 e. The summed E-state index contributed by atoms with van der Waals surface area (Å²) < 4.78 is 28.9. The molecule has 3 aromatic rings. The van der Waals surface area contributed by atoms with Gasteiger partial charge in [-0.1, -0.05) is 30.3 Å². The van der Waals surface area contributed by atoms with Crippen LogP contribution in [0.3, 0.4) is 0 Å². The second-order valence-corrected chi connectivity index (χ2v) is 9.47. The Morgan fingerprint density at radius 3 is 2.36 bits per heavy atom. The second-order valence-electron chi connectivity index (χ2n) is 7.70. The molecule has 0 aliphatic rings. The Bertz CT molecular complexity index is 1200. The van der Waals surface area contributed by atoms with E-state index in [1.807, 2.05) is 48.1 Å². The lowest BCUT2D eigenvalue weighted by molar-refractivity contribution is -0.120. The van der Waals surface area contributed by atoms with Crippen molar-refractivity contribution >= 4 is 21.7 Å². The van der Waals surface area contributed by atoms with Gasteiger partial charge in [-0.15, -0.1) is 0 Å². The lowest BCUT2D eigenvalue weighted by Gasteiger charge is -2.08. The van der Waals surface area contributed by atoms with Gasteiger partial charge in [0.15, 0.2) is 5.78 Å². The van der Waals surface area contributed by atoms with Crippen LogP contribution in [0.15, 0.2) is 65.7 Å². The van der Waals surface area contributed by atoms with Gasteiger partial charge in [-0.3, -0.25) is 9.59 Å². The Kier molecular flexibility index (Phi) is 8.13. The fourth-order valence-electron chi connectivity index (χ4n) is 3.30. The molecular weight excluding hydrogens is 440 g/mol. The minimum atomic E-state index is -3.74. The van der Waals surface area contributed by atoms with Crippen molar-refractivity contribution in [1.82, 2.24) is 19.8 Å². The number of hydrogen-bond acceptors (Lipinski definition) is 5. The Labute approximate surface area is 194 Å². The molecule has 0 radical (unpaired) electrons. The van der Waals surface area contributed by atoms with E-state index in [4.69, 9.17) is 0 Å². The smallest absolute Gasteiger partial charge is 0.240 e. The molecule has 2 N–H and O–H groups in total. The third-order valence-electron chi connectivity index (χ3n) is 5.18. The number of ketones is 1. The number of amides is 1. The molecule has 0 bridgehead atoms. The minimum absolute atomic E-state index is 0.00835. The topological polar surface area (TPSA) is 110 Å². The third-order valence-corrected chi connectivity index (χ3v) is 6.66. The highest BCUT2D eigenvalue weighted by Gasteiger charge is 2.14. The Balaban J connectivity index is 1.39. The Hall–Kier alpha value is -3.30. The second kappa shape index (κ2) is 11.0. The van der Waals surface area contributed by atoms with Crippen molar-refractivity contribution in [2.24, 2.45) is 0 Å². The van der Waals surface area contributed by atoms with Crippen LogP contribution in [-0.4, -0.2) is 43.0 Å². The number of nitrogens with one attached hydrogen (secondary N) is 2. The summed E-state index contributed by atoms with van der Waals surface area (Å²) in [7, 11) is -3.74. The van der Waals surface area contributed by atoms with E-state index < -0.39 is 10.0 Å². The first-order chi connectivity index (χ1) is 15.8. The maximum absolute atomic E-state index is 12.3. The van der Waals surface area contributed by atoms with Crippen LogP contribution in [-0.2, 0) is 21.2 Å². The number of nitrogens with zero attached hydrogens (tertiary/aromatic N) is 2. The fraction of sp³-hybridized carbons (Fsp3) is 0.292. The van der Waals surface area contributed by atoms with Gasteiger partial charge in [0, 0.05) is 31.3 Å². The minimum Gasteiger partial charge on any atom is -0.356 e. The van der Waals surface area contributed by atoms with Crippen molar-refractivity contribution in [1.29, 1.82) is 0 Å². The van der Waals surface area contributed by atoms with E-state index in [-0.39, 0.29) is 29.6 Å². The first-order valence-electron chi connectivity index (χ1n) is 10.7. The zero-order chi connectivity index (χ0) is 23.8. The lowest BCUT2D eigenvalue weighted by Crippen LogP contribution is -2.31. The maximum Gasteiger partial charge on any atom is 0.240 e. The monoisotopic (exact) mass is 468 g/mol. The van der Waals surface area contributed by atoms with Crippen molar-refractivity contribution in [3.63, 3.8) is 0 Å². The van der Waals surface area contributed by atoms with Gasteiger partial charge < -0.3 is 5.32 Å². The van der Waals surface area contributed by atoms with Gasteiger partial charge in [0.05, 0.1) is 16.3 Å². The molecule has 0 fully saturated rings. The number of aromatic nitrogens is 2. The van der Waals surface area contributed by atoms with E-state index in [1.54, 1.807) is 0 Å². The van der Waals surface area contributed by atoms with Crippen LogP contribution in [0.2, 0.25) is 0 Å². The van der Waals surface area contributed by atoms with Crippen LogP contribution >= 0.6 is 0 Å². The SMILES string of the molecule is CC(=O)c1ccc(S(=O)(=O)NCCC(=O)NCCCc2cn(-c3ccccc3)nc2C)cc1. The molecule has 0 atom stereocenters. The summed E-state index contributed by atoms with van der Waals surface area (Å²) in [6.07, 6.45) is 3.57. The van der Waals surface area contributed by atoms with E-state index in [0.29, 0.717) is 12.1 Å². The number of hydrogen-bond donors (Lipinski definition) is 2. The first-order valence-corrected chi connectivity index (χ1v) is 12.2. The molecule has 1 amide bonds. The zero-order valence-electron chi connectivity index (χ0n) is 18.7. The molecule has 174 valence electrons. The predicted octanol–water partition coefficient (Wildman–Crippen LogP) is 2.80. The number of rotatable bonds is 11. The van der Waals surface area contributed by atoms with Gasteiger partial charge >= 0.3 is 0 Å². The average molecular weight is 469 g/mol. The summed E-state index contributed by atoms with van der Waals surface area (Å²) in [5, 5.41) is 7.36. The molecule has 0 spiro atoms. The average Bonchev–Trinajstić information content (AvgIpc) is 3.17. The van der Waals surface area contributed by atoms with Crippen LogP contribution < -0.4 is 10.0 Å². The van der Waals surface area contributed by atoms with Crippen LogP contribution in [0.4, 0.5) is 0 Å². The zero-order valence-corrected chi connectivity index (χ0v) is 19.6. The van der Waals surface area contributed by atoms with Crippen molar-refractivity contribution in [2.45, 2.75) is 38.0 Å². The van der Waals surface area contributed by atoms with E-state index in [2.05, 4.69) is 15.1 Å². The van der Waals surface area contributed by atoms with E-state index in [1.165, 1.54) is 31.2 Å². The molecule has 0 aliphatic heterocycles. The van der Waals surface area contributed by atoms with Gasteiger partial charge in [-0.2, -0.15) is 5.10 Å². The predicted molar refractivity (Wildman–Crippen MR) is 126 cm³/mol. The van der Waals surface area contributed by atoms with E-state index in [0.717, 1.165) is 29.8 Å². The highest BCUT2D eigenvalue weighted by atomic mass is 32.2. The molecule has 9 heteroatoms. The van der Waals surface area contributed by atoms with Gasteiger partial charge in [0.25, 0.3) is 0 Å². The summed E-state index contributed by atoms with van der Waals surface area (Å²) in [6.45, 7) is 3.87. The van der Waals surface area contributed by atoms with Crippen LogP contribution in [0.25, 0.3) is 5.69 Å². The standard InChI is InChI=1S/C24H28N4O4S/c1-18-21(17-28(27-18)22-8-4-3-5-9-22)7-6-15-25-24(30)14-16-26-33(31,32)23-12-10-20(11-13-23)19(2)29/h3-5,8-13,17,26H,6-7,14-16H2,1-2H3,(H,25,30). The summed E-state index contributed by atoms with van der Waals surface area (Å²) in [4.78, 5) is 23.4. The van der Waals surface area contributed by atoms with Gasteiger partial charge in [0.1, 0.15) is 0 Å². The summed E-state index contributed by atoms with van der Waals surface area (Å²) in [5.41, 5.74) is 3.51. The third kappa shape index (κ3) is 6.84. The Morgan fingerprint density at radius 2 is 1.70 bits per heavy atom. The molecule has 1 heterocycles. The van der Waals surface area contributed by atoms with Gasteiger partial charge in [-0.25, -0.2) is 17.8 Å². The number of aryl methyl sites for hydroxylation is 2. The first kappa shape index (κ1) is 24.3. The number of sulfonamides is 1. The molecule has 3 rings (SSSR count). The number of Topliss-reactive ketones (excluding diaryl/α,β-unsaturated/α-hetero) is 1. The maximum atomic E-state index is 12.3. The van der Waals surface area contributed by atoms with Crippen LogP contribution in [0.1, 0.15) is 41.4 Å². The molecule has 33 heavy (non-hydrogen) atoms. The van der Waals surface area contributed by atoms with Crippen molar-refractivity contribution in [2.75, 3.05) is 13.1 Å². The summed E-state index contributed by atoms with van der Waals surface area (Å²) in [6, 6.07) is 15.6. The molecule has 0 aliphatic carbocycles. The van der Waals surface area contributed by atoms with Gasteiger partial charge in [-0.05, 0) is 56.5 Å². The van der Waals surface area contributed by atoms with Crippen molar-refractivity contribution in [3.05, 3.63) is 77.6 Å². The van der Waals surface area contributed by atoms with Crippen LogP contribution in [0, 0.1) is 6.92 Å².